The number of rotatable bonds is 3. The molecule has 0 amide bonds. The number of hydrogen-bond donors (Lipinski definition) is 0. The van der Waals surface area contributed by atoms with Crippen molar-refractivity contribution >= 4 is 0 Å². The van der Waals surface area contributed by atoms with Crippen LogP contribution >= 0.6 is 0 Å². The second kappa shape index (κ2) is 4.52. The van der Waals surface area contributed by atoms with E-state index in [9.17, 15) is 0 Å². The molecule has 64 valence electrons. The zero-order valence-corrected chi connectivity index (χ0v) is 7.08. The van der Waals surface area contributed by atoms with E-state index in [0.717, 1.165) is 13.2 Å². The van der Waals surface area contributed by atoms with Crippen molar-refractivity contribution in [3.8, 4) is 0 Å². The van der Waals surface area contributed by atoms with Crippen LogP contribution in [0.25, 0.3) is 0 Å². The zero-order valence-electron chi connectivity index (χ0n) is 7.08. The van der Waals surface area contributed by atoms with Gasteiger partial charge in [-0.1, -0.05) is 19.9 Å². The van der Waals surface area contributed by atoms with Gasteiger partial charge in [0.05, 0.1) is 13.2 Å². The summed E-state index contributed by atoms with van der Waals surface area (Å²) in [7, 11) is 0. The van der Waals surface area contributed by atoms with Crippen LogP contribution in [0, 0.1) is 5.92 Å². The van der Waals surface area contributed by atoms with Crippen LogP contribution in [-0.4, -0.2) is 19.5 Å². The molecule has 1 saturated heterocycles. The molecule has 0 aromatic rings. The number of hydrogen-bond acceptors (Lipinski definition) is 2. The van der Waals surface area contributed by atoms with E-state index in [0.29, 0.717) is 5.92 Å². The fourth-order valence-electron chi connectivity index (χ4n) is 1.27. The lowest BCUT2D eigenvalue weighted by Crippen LogP contribution is -2.30. The van der Waals surface area contributed by atoms with Gasteiger partial charge in [0.15, 0.2) is 6.29 Å². The molecule has 0 aromatic carbocycles. The fourth-order valence-corrected chi connectivity index (χ4v) is 1.27. The van der Waals surface area contributed by atoms with Gasteiger partial charge in [-0.3, -0.25) is 0 Å². The Balaban J connectivity index is 2.18. The molecule has 0 unspecified atom stereocenters. The fraction of sp³-hybridized carbons (Fsp3) is 0.778. The SMILES string of the molecule is C=CC1OCC(CCC)CO1. The van der Waals surface area contributed by atoms with Gasteiger partial charge in [0.2, 0.25) is 0 Å². The average molecular weight is 156 g/mol. The second-order valence-electron chi connectivity index (χ2n) is 2.93. The summed E-state index contributed by atoms with van der Waals surface area (Å²) in [6.45, 7) is 7.43. The van der Waals surface area contributed by atoms with E-state index in [2.05, 4.69) is 13.5 Å². The molecule has 1 aliphatic heterocycles. The van der Waals surface area contributed by atoms with E-state index in [1.54, 1.807) is 6.08 Å². The molecule has 0 aromatic heterocycles. The van der Waals surface area contributed by atoms with Crippen LogP contribution in [0.1, 0.15) is 19.8 Å². The van der Waals surface area contributed by atoms with Crippen LogP contribution in [0.15, 0.2) is 12.7 Å². The summed E-state index contributed by atoms with van der Waals surface area (Å²) in [5, 5.41) is 0. The molecular weight excluding hydrogens is 140 g/mol. The van der Waals surface area contributed by atoms with Crippen molar-refractivity contribution in [2.24, 2.45) is 5.92 Å². The highest BCUT2D eigenvalue weighted by Gasteiger charge is 2.18. The van der Waals surface area contributed by atoms with Crippen molar-refractivity contribution in [2.45, 2.75) is 26.1 Å². The monoisotopic (exact) mass is 156 g/mol. The lowest BCUT2D eigenvalue weighted by atomic mass is 10.1. The molecule has 1 heterocycles. The Hall–Kier alpha value is -0.340. The molecule has 0 radical (unpaired) electrons. The van der Waals surface area contributed by atoms with E-state index >= 15 is 0 Å². The van der Waals surface area contributed by atoms with Gasteiger partial charge < -0.3 is 9.47 Å². The minimum Gasteiger partial charge on any atom is -0.349 e. The summed E-state index contributed by atoms with van der Waals surface area (Å²) in [5.74, 6) is 0.594. The molecule has 1 fully saturated rings. The first-order valence-corrected chi connectivity index (χ1v) is 4.22. The van der Waals surface area contributed by atoms with Crippen molar-refractivity contribution in [2.75, 3.05) is 13.2 Å². The van der Waals surface area contributed by atoms with Crippen molar-refractivity contribution < 1.29 is 9.47 Å². The van der Waals surface area contributed by atoms with Gasteiger partial charge >= 0.3 is 0 Å². The summed E-state index contributed by atoms with van der Waals surface area (Å²) in [6, 6.07) is 0. The summed E-state index contributed by atoms with van der Waals surface area (Å²) >= 11 is 0. The van der Waals surface area contributed by atoms with Crippen molar-refractivity contribution in [3.05, 3.63) is 12.7 Å². The molecule has 0 aliphatic carbocycles. The largest absolute Gasteiger partial charge is 0.349 e. The molecular formula is C9H16O2. The van der Waals surface area contributed by atoms with Gasteiger partial charge in [0.25, 0.3) is 0 Å². The minimum atomic E-state index is -0.164. The summed E-state index contributed by atoms with van der Waals surface area (Å²) in [4.78, 5) is 0. The minimum absolute atomic E-state index is 0.164. The normalized spacial score (nSPS) is 31.7. The molecule has 0 saturated carbocycles. The summed E-state index contributed by atoms with van der Waals surface area (Å²) < 4.78 is 10.7. The Morgan fingerprint density at radius 1 is 1.45 bits per heavy atom. The molecule has 1 rings (SSSR count). The van der Waals surface area contributed by atoms with Gasteiger partial charge in [0, 0.05) is 5.92 Å². The van der Waals surface area contributed by atoms with Crippen LogP contribution in [0.2, 0.25) is 0 Å². The summed E-state index contributed by atoms with van der Waals surface area (Å²) in [5.41, 5.74) is 0. The second-order valence-corrected chi connectivity index (χ2v) is 2.93. The van der Waals surface area contributed by atoms with E-state index in [4.69, 9.17) is 9.47 Å². The smallest absolute Gasteiger partial charge is 0.176 e. The van der Waals surface area contributed by atoms with E-state index < -0.39 is 0 Å². The van der Waals surface area contributed by atoms with Crippen molar-refractivity contribution in [1.29, 1.82) is 0 Å². The van der Waals surface area contributed by atoms with Gasteiger partial charge in [-0.05, 0) is 12.5 Å². The zero-order chi connectivity index (χ0) is 8.10. The Labute approximate surface area is 68.2 Å². The summed E-state index contributed by atoms with van der Waals surface area (Å²) in [6.07, 6.45) is 3.94. The van der Waals surface area contributed by atoms with Crippen LogP contribution in [0.3, 0.4) is 0 Å². The Kier molecular flexibility index (Phi) is 3.60. The van der Waals surface area contributed by atoms with E-state index in [1.807, 2.05) is 0 Å². The van der Waals surface area contributed by atoms with Crippen LogP contribution in [0.4, 0.5) is 0 Å². The van der Waals surface area contributed by atoms with Crippen LogP contribution in [-0.2, 0) is 9.47 Å². The number of ether oxygens (including phenoxy) is 2. The van der Waals surface area contributed by atoms with Crippen LogP contribution in [0.5, 0.6) is 0 Å². The van der Waals surface area contributed by atoms with Gasteiger partial charge in [-0.25, -0.2) is 0 Å². The lowest BCUT2D eigenvalue weighted by Gasteiger charge is -2.27. The first kappa shape index (κ1) is 8.75. The third-order valence-electron chi connectivity index (χ3n) is 1.88. The topological polar surface area (TPSA) is 18.5 Å². The highest BCUT2D eigenvalue weighted by Crippen LogP contribution is 2.15. The lowest BCUT2D eigenvalue weighted by molar-refractivity contribution is -0.175. The maximum atomic E-state index is 5.35. The average Bonchev–Trinajstić information content (AvgIpc) is 2.07. The Bertz CT molecular complexity index is 115. The predicted molar refractivity (Wildman–Crippen MR) is 44.3 cm³/mol. The highest BCUT2D eigenvalue weighted by atomic mass is 16.7. The Morgan fingerprint density at radius 3 is 2.55 bits per heavy atom. The molecule has 0 N–H and O–H groups in total. The molecule has 1 aliphatic rings. The quantitative estimate of drug-likeness (QED) is 0.581. The first-order valence-electron chi connectivity index (χ1n) is 4.22. The molecule has 2 nitrogen and oxygen atoms in total. The standard InChI is InChI=1S/C9H16O2/c1-3-5-8-6-10-9(4-2)11-7-8/h4,8-9H,2-3,5-7H2,1H3. The Morgan fingerprint density at radius 2 is 2.09 bits per heavy atom. The predicted octanol–water partition coefficient (Wildman–Crippen LogP) is 1.96. The van der Waals surface area contributed by atoms with Gasteiger partial charge in [0.1, 0.15) is 0 Å². The van der Waals surface area contributed by atoms with Gasteiger partial charge in [-0.2, -0.15) is 0 Å². The van der Waals surface area contributed by atoms with E-state index in [1.165, 1.54) is 12.8 Å². The van der Waals surface area contributed by atoms with E-state index in [-0.39, 0.29) is 6.29 Å². The third-order valence-corrected chi connectivity index (χ3v) is 1.88. The van der Waals surface area contributed by atoms with Crippen molar-refractivity contribution in [3.63, 3.8) is 0 Å². The molecule has 2 heteroatoms. The van der Waals surface area contributed by atoms with Gasteiger partial charge in [-0.15, -0.1) is 0 Å². The molecule has 0 bridgehead atoms. The molecule has 0 atom stereocenters. The first-order chi connectivity index (χ1) is 5.36. The third kappa shape index (κ3) is 2.64. The maximum absolute atomic E-state index is 5.35. The molecule has 11 heavy (non-hydrogen) atoms. The maximum Gasteiger partial charge on any atom is 0.176 e. The van der Waals surface area contributed by atoms with Crippen molar-refractivity contribution in [1.82, 2.24) is 0 Å². The van der Waals surface area contributed by atoms with Crippen LogP contribution < -0.4 is 0 Å². The molecule has 0 spiro atoms. The highest BCUT2D eigenvalue weighted by molar-refractivity contribution is 4.75.